The number of fused-ring (bicyclic) bond motifs is 1. The van der Waals surface area contributed by atoms with Gasteiger partial charge < -0.3 is 9.30 Å². The van der Waals surface area contributed by atoms with Crippen molar-refractivity contribution in [2.45, 2.75) is 24.8 Å². The number of nitrogens with zero attached hydrogens (tertiary/aromatic N) is 3. The lowest BCUT2D eigenvalue weighted by atomic mass is 10.2. The van der Waals surface area contributed by atoms with Crippen molar-refractivity contribution in [3.05, 3.63) is 84.4 Å². The summed E-state index contributed by atoms with van der Waals surface area (Å²) in [4.78, 5) is 17.8. The molecule has 0 aliphatic heterocycles. The molecule has 0 aliphatic carbocycles. The van der Waals surface area contributed by atoms with E-state index in [1.54, 1.807) is 36.4 Å². The Morgan fingerprint density at radius 3 is 2.54 bits per heavy atom. The first-order valence-corrected chi connectivity index (χ1v) is 12.8. The zero-order valence-electron chi connectivity index (χ0n) is 19.7. The van der Waals surface area contributed by atoms with Crippen molar-refractivity contribution in [2.24, 2.45) is 0 Å². The van der Waals surface area contributed by atoms with E-state index in [0.29, 0.717) is 31.4 Å². The van der Waals surface area contributed by atoms with Crippen LogP contribution in [0.3, 0.4) is 0 Å². The Kier molecular flexibility index (Phi) is 7.48. The number of para-hydroxylation sites is 3. The van der Waals surface area contributed by atoms with Crippen molar-refractivity contribution >= 4 is 38.6 Å². The number of ether oxygens (including phenoxy) is 1. The predicted octanol–water partition coefficient (Wildman–Crippen LogP) is 4.54. The fourth-order valence-electron chi connectivity index (χ4n) is 3.77. The van der Waals surface area contributed by atoms with Gasteiger partial charge in [-0.3, -0.25) is 14.4 Å². The first kappa shape index (κ1) is 24.4. The molecule has 4 aromatic rings. The highest BCUT2D eigenvalue weighted by molar-refractivity contribution is 7.92. The molecule has 3 aromatic carbocycles. The van der Waals surface area contributed by atoms with E-state index in [9.17, 15) is 13.2 Å². The number of aryl methyl sites for hydroxylation is 1. The lowest BCUT2D eigenvalue weighted by molar-refractivity contribution is 0.102. The minimum atomic E-state index is -3.85. The molecule has 0 saturated carbocycles. The molecule has 1 N–H and O–H groups in total. The van der Waals surface area contributed by atoms with Crippen molar-refractivity contribution in [3.8, 4) is 0 Å². The largest absolute Gasteiger partial charge is 0.382 e. The van der Waals surface area contributed by atoms with Crippen LogP contribution in [0.1, 0.15) is 23.7 Å². The van der Waals surface area contributed by atoms with Gasteiger partial charge in [-0.15, -0.1) is 0 Å². The third-order valence-corrected chi connectivity index (χ3v) is 7.41. The fourth-order valence-corrected chi connectivity index (χ4v) is 5.01. The zero-order valence-corrected chi connectivity index (χ0v) is 20.5. The second-order valence-corrected chi connectivity index (χ2v) is 9.89. The Bertz CT molecular complexity index is 1420. The first-order valence-electron chi connectivity index (χ1n) is 11.4. The molecule has 0 atom stereocenters. The van der Waals surface area contributed by atoms with E-state index in [-0.39, 0.29) is 10.5 Å². The van der Waals surface area contributed by atoms with Gasteiger partial charge >= 0.3 is 0 Å². The molecule has 0 spiro atoms. The molecule has 0 saturated heterocycles. The first-order chi connectivity index (χ1) is 16.9. The Hall–Kier alpha value is -3.69. The molecule has 1 heterocycles. The van der Waals surface area contributed by atoms with Crippen molar-refractivity contribution in [1.29, 1.82) is 0 Å². The third-order valence-electron chi connectivity index (χ3n) is 5.63. The maximum absolute atomic E-state index is 13.2. The van der Waals surface area contributed by atoms with Crippen LogP contribution in [0, 0.1) is 0 Å². The Labute approximate surface area is 205 Å². The molecule has 4 rings (SSSR count). The van der Waals surface area contributed by atoms with Gasteiger partial charge in [0.25, 0.3) is 15.9 Å². The monoisotopic (exact) mass is 492 g/mol. The summed E-state index contributed by atoms with van der Waals surface area (Å²) < 4.78 is 34.9. The highest BCUT2D eigenvalue weighted by atomic mass is 32.2. The lowest BCUT2D eigenvalue weighted by Gasteiger charge is -2.19. The second kappa shape index (κ2) is 10.7. The number of imidazole rings is 1. The van der Waals surface area contributed by atoms with Gasteiger partial charge in [-0.05, 0) is 55.8 Å². The number of amides is 1. The topological polar surface area (TPSA) is 93.5 Å². The summed E-state index contributed by atoms with van der Waals surface area (Å²) in [7, 11) is -2.36. The van der Waals surface area contributed by atoms with Gasteiger partial charge in [-0.2, -0.15) is 0 Å². The Balaban J connectivity index is 1.59. The maximum atomic E-state index is 13.2. The van der Waals surface area contributed by atoms with E-state index < -0.39 is 15.9 Å². The molecule has 0 aliphatic rings. The summed E-state index contributed by atoms with van der Waals surface area (Å²) in [6.07, 6.45) is 0.761. The lowest BCUT2D eigenvalue weighted by Crippen LogP contribution is -2.27. The predicted molar refractivity (Wildman–Crippen MR) is 137 cm³/mol. The minimum Gasteiger partial charge on any atom is -0.382 e. The van der Waals surface area contributed by atoms with Crippen molar-refractivity contribution < 1.29 is 17.9 Å². The number of carbonyl (C=O) groups is 1. The molecule has 35 heavy (non-hydrogen) atoms. The number of anilines is 2. The van der Waals surface area contributed by atoms with Crippen molar-refractivity contribution in [3.63, 3.8) is 0 Å². The summed E-state index contributed by atoms with van der Waals surface area (Å²) in [6.45, 7) is 3.81. The van der Waals surface area contributed by atoms with Crippen molar-refractivity contribution in [1.82, 2.24) is 9.55 Å². The number of aromatic nitrogens is 2. The molecule has 1 aromatic heterocycles. The quantitative estimate of drug-likeness (QED) is 0.328. The summed E-state index contributed by atoms with van der Waals surface area (Å²) in [5.74, 6) is -0.0341. The van der Waals surface area contributed by atoms with Gasteiger partial charge in [-0.25, -0.2) is 13.4 Å². The van der Waals surface area contributed by atoms with Crippen LogP contribution in [0.15, 0.2) is 83.8 Å². The van der Waals surface area contributed by atoms with Crippen LogP contribution in [0.2, 0.25) is 0 Å². The zero-order chi connectivity index (χ0) is 24.8. The fraction of sp³-hybridized carbons (Fsp3) is 0.231. The Morgan fingerprint density at radius 2 is 1.77 bits per heavy atom. The van der Waals surface area contributed by atoms with E-state index >= 15 is 0 Å². The summed E-state index contributed by atoms with van der Waals surface area (Å²) in [5.41, 5.74) is 2.42. The normalized spacial score (nSPS) is 11.5. The molecule has 9 heteroatoms. The number of sulfonamides is 1. The molecular weight excluding hydrogens is 464 g/mol. The molecule has 0 bridgehead atoms. The summed E-state index contributed by atoms with van der Waals surface area (Å²) in [5, 5.41) is 2.86. The molecule has 1 amide bonds. The average Bonchev–Trinajstić information content (AvgIpc) is 3.23. The number of rotatable bonds is 10. The maximum Gasteiger partial charge on any atom is 0.264 e. The van der Waals surface area contributed by atoms with Gasteiger partial charge in [0, 0.05) is 32.4 Å². The molecule has 8 nitrogen and oxygen atoms in total. The standard InChI is InChI=1S/C26H28N4O4S/c1-3-34-18-10-17-30-24-16-8-7-15-23(24)27-26(30)28-25(31)20-11-9-14-22(19-20)35(32,33)29(2)21-12-5-4-6-13-21/h4-9,11-16,19H,3,10,17-18H2,1-2H3,(H,27,28,31). The smallest absolute Gasteiger partial charge is 0.264 e. The molecule has 0 fully saturated rings. The number of carbonyl (C=O) groups excluding carboxylic acids is 1. The van der Waals surface area contributed by atoms with E-state index in [1.165, 1.54) is 23.5 Å². The van der Waals surface area contributed by atoms with Gasteiger partial charge in [0.1, 0.15) is 0 Å². The van der Waals surface area contributed by atoms with Crippen LogP contribution in [0.4, 0.5) is 11.6 Å². The molecule has 182 valence electrons. The Morgan fingerprint density at radius 1 is 1.03 bits per heavy atom. The second-order valence-electron chi connectivity index (χ2n) is 7.92. The molecule has 0 unspecified atom stereocenters. The van der Waals surface area contributed by atoms with Crippen LogP contribution in [0.25, 0.3) is 11.0 Å². The van der Waals surface area contributed by atoms with E-state index in [2.05, 4.69) is 10.3 Å². The number of hydrogen-bond donors (Lipinski definition) is 1. The van der Waals surface area contributed by atoms with Crippen LogP contribution >= 0.6 is 0 Å². The minimum absolute atomic E-state index is 0.0294. The van der Waals surface area contributed by atoms with Crippen LogP contribution in [-0.2, 0) is 21.3 Å². The van der Waals surface area contributed by atoms with Gasteiger partial charge in [0.2, 0.25) is 5.95 Å². The van der Waals surface area contributed by atoms with E-state index in [1.807, 2.05) is 41.8 Å². The summed E-state index contributed by atoms with van der Waals surface area (Å²) in [6, 6.07) is 22.4. The SMILES string of the molecule is CCOCCCn1c(NC(=O)c2cccc(S(=O)(=O)N(C)c3ccccc3)c2)nc2ccccc21. The number of nitrogens with one attached hydrogen (secondary N) is 1. The highest BCUT2D eigenvalue weighted by Gasteiger charge is 2.23. The van der Waals surface area contributed by atoms with Crippen molar-refractivity contribution in [2.75, 3.05) is 29.9 Å². The average molecular weight is 493 g/mol. The van der Waals surface area contributed by atoms with Gasteiger partial charge in [0.05, 0.1) is 21.6 Å². The third kappa shape index (κ3) is 5.36. The van der Waals surface area contributed by atoms with Crippen LogP contribution < -0.4 is 9.62 Å². The van der Waals surface area contributed by atoms with Gasteiger partial charge in [-0.1, -0.05) is 36.4 Å². The number of benzene rings is 3. The summed E-state index contributed by atoms with van der Waals surface area (Å²) >= 11 is 0. The van der Waals surface area contributed by atoms with E-state index in [0.717, 1.165) is 17.5 Å². The van der Waals surface area contributed by atoms with Gasteiger partial charge in [0.15, 0.2) is 0 Å². The molecule has 0 radical (unpaired) electrons. The van der Waals surface area contributed by atoms with Crippen LogP contribution in [0.5, 0.6) is 0 Å². The number of hydrogen-bond acceptors (Lipinski definition) is 5. The molecular formula is C26H28N4O4S. The van der Waals surface area contributed by atoms with Crippen LogP contribution in [-0.4, -0.2) is 44.1 Å². The highest BCUT2D eigenvalue weighted by Crippen LogP contribution is 2.24. The van der Waals surface area contributed by atoms with E-state index in [4.69, 9.17) is 4.74 Å².